The van der Waals surface area contributed by atoms with E-state index in [9.17, 15) is 0 Å². The van der Waals surface area contributed by atoms with Crippen LogP contribution in [-0.4, -0.2) is 16.7 Å². The molecule has 1 aliphatic rings. The lowest BCUT2D eigenvalue weighted by Gasteiger charge is -2.06. The number of ether oxygens (including phenoxy) is 1. The van der Waals surface area contributed by atoms with Crippen molar-refractivity contribution in [2.24, 2.45) is 0 Å². The maximum Gasteiger partial charge on any atom is 0.213 e. The SMILES string of the molecule is C1CC1.OCCc1ccnc(OCc2ccccc2)c1. The molecule has 1 aliphatic carbocycles. The molecule has 2 aromatic rings. The standard InChI is InChI=1S/C14H15NO2.C3H6/c16-9-7-12-6-8-15-14(10-12)17-11-13-4-2-1-3-5-13;1-2-3-1/h1-6,8,10,16H,7,9,11H2;1-3H2. The predicted molar refractivity (Wildman–Crippen MR) is 79.7 cm³/mol. The van der Waals surface area contributed by atoms with Crippen LogP contribution in [0.3, 0.4) is 0 Å². The van der Waals surface area contributed by atoms with Crippen LogP contribution in [-0.2, 0) is 13.0 Å². The van der Waals surface area contributed by atoms with Crippen LogP contribution in [0.1, 0.15) is 30.4 Å². The number of aliphatic hydroxyl groups is 1. The van der Waals surface area contributed by atoms with Crippen molar-refractivity contribution in [3.63, 3.8) is 0 Å². The normalized spacial score (nSPS) is 12.2. The van der Waals surface area contributed by atoms with Crippen molar-refractivity contribution in [1.82, 2.24) is 4.98 Å². The summed E-state index contributed by atoms with van der Waals surface area (Å²) < 4.78 is 5.59. The Hall–Kier alpha value is -1.87. The molecule has 0 spiro atoms. The van der Waals surface area contributed by atoms with Gasteiger partial charge in [-0.2, -0.15) is 0 Å². The van der Waals surface area contributed by atoms with Gasteiger partial charge in [0.15, 0.2) is 0 Å². The van der Waals surface area contributed by atoms with Crippen LogP contribution in [0, 0.1) is 0 Å². The van der Waals surface area contributed by atoms with Gasteiger partial charge in [-0.3, -0.25) is 0 Å². The Labute approximate surface area is 120 Å². The summed E-state index contributed by atoms with van der Waals surface area (Å²) in [6.07, 6.45) is 6.83. The summed E-state index contributed by atoms with van der Waals surface area (Å²) in [6.45, 7) is 0.651. The fourth-order valence-corrected chi connectivity index (χ4v) is 1.55. The van der Waals surface area contributed by atoms with Crippen LogP contribution in [0.15, 0.2) is 48.7 Å². The van der Waals surface area contributed by atoms with Gasteiger partial charge in [0, 0.05) is 18.9 Å². The van der Waals surface area contributed by atoms with E-state index in [1.165, 1.54) is 19.3 Å². The molecule has 3 heteroatoms. The smallest absolute Gasteiger partial charge is 0.213 e. The van der Waals surface area contributed by atoms with Crippen LogP contribution >= 0.6 is 0 Å². The Bertz CT molecular complexity index is 495. The summed E-state index contributed by atoms with van der Waals surface area (Å²) in [5.41, 5.74) is 2.15. The molecule has 0 aliphatic heterocycles. The van der Waals surface area contributed by atoms with Gasteiger partial charge in [-0.25, -0.2) is 4.98 Å². The molecular weight excluding hydrogens is 250 g/mol. The van der Waals surface area contributed by atoms with E-state index in [-0.39, 0.29) is 6.61 Å². The quantitative estimate of drug-likeness (QED) is 0.906. The minimum Gasteiger partial charge on any atom is -0.473 e. The van der Waals surface area contributed by atoms with Crippen LogP contribution in [0.25, 0.3) is 0 Å². The molecule has 0 bridgehead atoms. The molecule has 1 saturated carbocycles. The molecule has 3 nitrogen and oxygen atoms in total. The molecular formula is C17H21NO2. The van der Waals surface area contributed by atoms with Gasteiger partial charge in [0.25, 0.3) is 0 Å². The number of pyridine rings is 1. The van der Waals surface area contributed by atoms with Crippen molar-refractivity contribution in [3.05, 3.63) is 59.8 Å². The fraction of sp³-hybridized carbons (Fsp3) is 0.353. The van der Waals surface area contributed by atoms with Gasteiger partial charge in [-0.05, 0) is 23.6 Å². The Balaban J connectivity index is 0.000000432. The maximum atomic E-state index is 8.86. The van der Waals surface area contributed by atoms with E-state index in [4.69, 9.17) is 9.84 Å². The first-order valence-corrected chi connectivity index (χ1v) is 7.11. The Morgan fingerprint density at radius 1 is 1.00 bits per heavy atom. The van der Waals surface area contributed by atoms with Gasteiger partial charge in [0.2, 0.25) is 5.88 Å². The van der Waals surface area contributed by atoms with Crippen molar-refractivity contribution in [1.29, 1.82) is 0 Å². The average molecular weight is 271 g/mol. The van der Waals surface area contributed by atoms with E-state index in [0.29, 0.717) is 18.9 Å². The average Bonchev–Trinajstić information content (AvgIpc) is 3.36. The second-order valence-electron chi connectivity index (χ2n) is 4.81. The first-order chi connectivity index (χ1) is 9.88. The molecule has 1 N–H and O–H groups in total. The van der Waals surface area contributed by atoms with Crippen molar-refractivity contribution < 1.29 is 9.84 Å². The number of hydrogen-bond donors (Lipinski definition) is 1. The van der Waals surface area contributed by atoms with E-state index in [0.717, 1.165) is 11.1 Å². The largest absolute Gasteiger partial charge is 0.473 e. The van der Waals surface area contributed by atoms with Crippen molar-refractivity contribution in [2.45, 2.75) is 32.3 Å². The highest BCUT2D eigenvalue weighted by molar-refractivity contribution is 5.21. The van der Waals surface area contributed by atoms with Crippen LogP contribution < -0.4 is 4.74 Å². The molecule has 1 aromatic carbocycles. The van der Waals surface area contributed by atoms with Gasteiger partial charge >= 0.3 is 0 Å². The molecule has 3 rings (SSSR count). The number of rotatable bonds is 5. The topological polar surface area (TPSA) is 42.4 Å². The molecule has 0 amide bonds. The maximum absolute atomic E-state index is 8.86. The summed E-state index contributed by atoms with van der Waals surface area (Å²) in [7, 11) is 0. The summed E-state index contributed by atoms with van der Waals surface area (Å²) in [6, 6.07) is 13.7. The van der Waals surface area contributed by atoms with Gasteiger partial charge in [0.05, 0.1) is 0 Å². The Morgan fingerprint density at radius 3 is 2.40 bits per heavy atom. The number of nitrogens with zero attached hydrogens (tertiary/aromatic N) is 1. The lowest BCUT2D eigenvalue weighted by molar-refractivity contribution is 0.290. The molecule has 0 atom stereocenters. The molecule has 0 radical (unpaired) electrons. The first-order valence-electron chi connectivity index (χ1n) is 7.11. The minimum absolute atomic E-state index is 0.141. The highest BCUT2D eigenvalue weighted by atomic mass is 16.5. The third kappa shape index (κ3) is 5.85. The predicted octanol–water partition coefficient (Wildman–Crippen LogP) is 3.37. The lowest BCUT2D eigenvalue weighted by Crippen LogP contribution is -1.98. The summed E-state index contributed by atoms with van der Waals surface area (Å²) in [4.78, 5) is 4.13. The number of aromatic nitrogens is 1. The van der Waals surface area contributed by atoms with Crippen LogP contribution in [0.4, 0.5) is 0 Å². The third-order valence-corrected chi connectivity index (χ3v) is 2.78. The summed E-state index contributed by atoms with van der Waals surface area (Å²) >= 11 is 0. The van der Waals surface area contributed by atoms with Gasteiger partial charge in [-0.1, -0.05) is 49.6 Å². The number of benzene rings is 1. The monoisotopic (exact) mass is 271 g/mol. The molecule has 0 saturated heterocycles. The summed E-state index contributed by atoms with van der Waals surface area (Å²) in [5.74, 6) is 0.597. The Kier molecular flexibility index (Phi) is 6.06. The van der Waals surface area contributed by atoms with Crippen LogP contribution in [0.2, 0.25) is 0 Å². The van der Waals surface area contributed by atoms with E-state index >= 15 is 0 Å². The van der Waals surface area contributed by atoms with E-state index in [2.05, 4.69) is 4.98 Å². The van der Waals surface area contributed by atoms with E-state index in [1.54, 1.807) is 6.20 Å². The second-order valence-corrected chi connectivity index (χ2v) is 4.81. The molecule has 1 heterocycles. The van der Waals surface area contributed by atoms with E-state index < -0.39 is 0 Å². The van der Waals surface area contributed by atoms with Gasteiger partial charge in [0.1, 0.15) is 6.61 Å². The van der Waals surface area contributed by atoms with Crippen LogP contribution in [0.5, 0.6) is 5.88 Å². The molecule has 106 valence electrons. The molecule has 0 unspecified atom stereocenters. The number of aliphatic hydroxyl groups excluding tert-OH is 1. The highest BCUT2D eigenvalue weighted by Gasteiger charge is 1.99. The first kappa shape index (κ1) is 14.5. The van der Waals surface area contributed by atoms with Gasteiger partial charge in [-0.15, -0.1) is 0 Å². The zero-order chi connectivity index (χ0) is 14.0. The zero-order valence-corrected chi connectivity index (χ0v) is 11.7. The third-order valence-electron chi connectivity index (χ3n) is 2.78. The summed E-state index contributed by atoms with van der Waals surface area (Å²) in [5, 5.41) is 8.86. The van der Waals surface area contributed by atoms with Crippen molar-refractivity contribution in [2.75, 3.05) is 6.61 Å². The lowest BCUT2D eigenvalue weighted by atomic mass is 10.2. The zero-order valence-electron chi connectivity index (χ0n) is 11.7. The van der Waals surface area contributed by atoms with Crippen molar-refractivity contribution in [3.8, 4) is 5.88 Å². The Morgan fingerprint density at radius 2 is 1.75 bits per heavy atom. The van der Waals surface area contributed by atoms with E-state index in [1.807, 2.05) is 42.5 Å². The number of hydrogen-bond acceptors (Lipinski definition) is 3. The molecule has 20 heavy (non-hydrogen) atoms. The van der Waals surface area contributed by atoms with Gasteiger partial charge < -0.3 is 9.84 Å². The van der Waals surface area contributed by atoms with Crippen molar-refractivity contribution >= 4 is 0 Å². The minimum atomic E-state index is 0.141. The molecule has 1 fully saturated rings. The second kappa shape index (κ2) is 8.33. The highest BCUT2D eigenvalue weighted by Crippen LogP contribution is 2.15. The molecule has 1 aromatic heterocycles. The fourth-order valence-electron chi connectivity index (χ4n) is 1.55.